The number of nitrogens with one attached hydrogen (secondary N) is 1. The molecule has 2 aromatic rings. The van der Waals surface area contributed by atoms with Crippen LogP contribution in [0.25, 0.3) is 11.3 Å². The maximum atomic E-state index is 12.7. The highest BCUT2D eigenvalue weighted by Gasteiger charge is 2.36. The van der Waals surface area contributed by atoms with Crippen LogP contribution in [0.1, 0.15) is 51.0 Å². The van der Waals surface area contributed by atoms with E-state index < -0.39 is 0 Å². The number of hydrogen-bond donors (Lipinski definition) is 1. The average Bonchev–Trinajstić information content (AvgIpc) is 3.51. The van der Waals surface area contributed by atoms with Crippen molar-refractivity contribution >= 4 is 28.3 Å². The lowest BCUT2D eigenvalue weighted by molar-refractivity contribution is -0.135. The largest absolute Gasteiger partial charge is 0.342 e. The maximum absolute atomic E-state index is 12.7. The molecule has 1 atom stereocenters. The van der Waals surface area contributed by atoms with Crippen LogP contribution in [0.4, 0.5) is 5.13 Å². The SMILES string of the molecule is CCCCc1ccc(-c2csc(NC(=O)C3CCCN(C(=O)C4CC4)C3)n2)cc1. The van der Waals surface area contributed by atoms with E-state index in [0.29, 0.717) is 11.7 Å². The Balaban J connectivity index is 1.34. The second kappa shape index (κ2) is 9.08. The molecule has 2 fully saturated rings. The zero-order valence-corrected chi connectivity index (χ0v) is 17.8. The van der Waals surface area contributed by atoms with E-state index in [4.69, 9.17) is 0 Å². The van der Waals surface area contributed by atoms with E-state index in [9.17, 15) is 9.59 Å². The van der Waals surface area contributed by atoms with Crippen LogP contribution in [0.3, 0.4) is 0 Å². The van der Waals surface area contributed by atoms with E-state index in [1.54, 1.807) is 0 Å². The Kier molecular flexibility index (Phi) is 6.28. The number of amides is 2. The average molecular weight is 412 g/mol. The lowest BCUT2D eigenvalue weighted by Gasteiger charge is -2.32. The van der Waals surface area contributed by atoms with Crippen molar-refractivity contribution in [2.75, 3.05) is 18.4 Å². The van der Waals surface area contributed by atoms with Gasteiger partial charge in [-0.25, -0.2) is 4.98 Å². The molecule has 1 N–H and O–H groups in total. The molecule has 4 rings (SSSR count). The summed E-state index contributed by atoms with van der Waals surface area (Å²) >= 11 is 1.45. The molecule has 0 bridgehead atoms. The number of likely N-dealkylation sites (tertiary alicyclic amines) is 1. The van der Waals surface area contributed by atoms with Crippen molar-refractivity contribution in [3.63, 3.8) is 0 Å². The van der Waals surface area contributed by atoms with Gasteiger partial charge in [-0.05, 0) is 44.1 Å². The van der Waals surface area contributed by atoms with Crippen molar-refractivity contribution in [3.8, 4) is 11.3 Å². The number of carbonyl (C=O) groups is 2. The summed E-state index contributed by atoms with van der Waals surface area (Å²) in [5.41, 5.74) is 3.31. The number of carbonyl (C=O) groups excluding carboxylic acids is 2. The van der Waals surface area contributed by atoms with Gasteiger partial charge in [0, 0.05) is 30.0 Å². The number of hydrogen-bond acceptors (Lipinski definition) is 4. The molecule has 1 aromatic heterocycles. The van der Waals surface area contributed by atoms with E-state index in [-0.39, 0.29) is 23.7 Å². The summed E-state index contributed by atoms with van der Waals surface area (Å²) in [5, 5.41) is 5.59. The van der Waals surface area contributed by atoms with Gasteiger partial charge in [-0.3, -0.25) is 9.59 Å². The standard InChI is InChI=1S/C23H29N3O2S/c1-2-3-5-16-7-9-17(10-8-16)20-15-29-23(24-20)25-21(27)19-6-4-13-26(14-19)22(28)18-11-12-18/h7-10,15,18-19H,2-6,11-14H2,1H3,(H,24,25,27). The van der Waals surface area contributed by atoms with E-state index in [0.717, 1.165) is 49.9 Å². The van der Waals surface area contributed by atoms with E-state index in [2.05, 4.69) is 41.5 Å². The molecule has 2 aliphatic rings. The molecular weight excluding hydrogens is 382 g/mol. The van der Waals surface area contributed by atoms with Gasteiger partial charge in [-0.2, -0.15) is 0 Å². The zero-order chi connectivity index (χ0) is 20.2. The third-order valence-corrected chi connectivity index (χ3v) is 6.59. The molecular formula is C23H29N3O2S. The fourth-order valence-electron chi connectivity index (χ4n) is 3.87. The van der Waals surface area contributed by atoms with Crippen LogP contribution in [-0.2, 0) is 16.0 Å². The van der Waals surface area contributed by atoms with Crippen LogP contribution in [0, 0.1) is 11.8 Å². The monoisotopic (exact) mass is 411 g/mol. The number of unbranched alkanes of at least 4 members (excludes halogenated alkanes) is 1. The Bertz CT molecular complexity index is 857. The second-order valence-electron chi connectivity index (χ2n) is 8.23. The summed E-state index contributed by atoms with van der Waals surface area (Å²) in [4.78, 5) is 31.5. The topological polar surface area (TPSA) is 62.3 Å². The molecule has 1 aromatic carbocycles. The Morgan fingerprint density at radius 2 is 1.97 bits per heavy atom. The summed E-state index contributed by atoms with van der Waals surface area (Å²) < 4.78 is 0. The van der Waals surface area contributed by atoms with Crippen LogP contribution >= 0.6 is 11.3 Å². The van der Waals surface area contributed by atoms with Crippen molar-refractivity contribution in [2.24, 2.45) is 11.8 Å². The molecule has 6 heteroatoms. The maximum Gasteiger partial charge on any atom is 0.231 e. The summed E-state index contributed by atoms with van der Waals surface area (Å²) in [6, 6.07) is 8.54. The molecule has 0 radical (unpaired) electrons. The minimum atomic E-state index is -0.142. The Morgan fingerprint density at radius 1 is 1.17 bits per heavy atom. The summed E-state index contributed by atoms with van der Waals surface area (Å²) in [5.74, 6) is 0.291. The predicted octanol–water partition coefficient (Wildman–Crippen LogP) is 4.74. The van der Waals surface area contributed by atoms with Crippen molar-refractivity contribution in [1.82, 2.24) is 9.88 Å². The van der Waals surface area contributed by atoms with Crippen LogP contribution in [-0.4, -0.2) is 34.8 Å². The number of piperidine rings is 1. The number of benzene rings is 1. The van der Waals surface area contributed by atoms with Crippen molar-refractivity contribution < 1.29 is 9.59 Å². The summed E-state index contributed by atoms with van der Waals surface area (Å²) in [6.45, 7) is 3.53. The highest BCUT2D eigenvalue weighted by molar-refractivity contribution is 7.14. The van der Waals surface area contributed by atoms with Crippen molar-refractivity contribution in [3.05, 3.63) is 35.2 Å². The summed E-state index contributed by atoms with van der Waals surface area (Å²) in [6.07, 6.45) is 7.25. The molecule has 1 unspecified atom stereocenters. The van der Waals surface area contributed by atoms with Crippen molar-refractivity contribution in [2.45, 2.75) is 51.9 Å². The van der Waals surface area contributed by atoms with Crippen LogP contribution in [0.2, 0.25) is 0 Å². The molecule has 1 aliphatic heterocycles. The van der Waals surface area contributed by atoms with Gasteiger partial charge in [0.25, 0.3) is 0 Å². The molecule has 2 amide bonds. The highest BCUT2D eigenvalue weighted by atomic mass is 32.1. The molecule has 1 saturated heterocycles. The lowest BCUT2D eigenvalue weighted by Crippen LogP contribution is -2.44. The fraction of sp³-hybridized carbons (Fsp3) is 0.522. The molecule has 5 nitrogen and oxygen atoms in total. The number of aryl methyl sites for hydroxylation is 1. The van der Waals surface area contributed by atoms with Gasteiger partial charge in [0.05, 0.1) is 11.6 Å². The molecule has 0 spiro atoms. The number of nitrogens with zero attached hydrogens (tertiary/aromatic N) is 2. The molecule has 1 saturated carbocycles. The first-order chi connectivity index (χ1) is 14.1. The van der Waals surface area contributed by atoms with Gasteiger partial charge in [0.2, 0.25) is 11.8 Å². The number of anilines is 1. The normalized spacial score (nSPS) is 19.2. The third kappa shape index (κ3) is 5.04. The minimum Gasteiger partial charge on any atom is -0.342 e. The van der Waals surface area contributed by atoms with Gasteiger partial charge in [-0.15, -0.1) is 11.3 Å². The lowest BCUT2D eigenvalue weighted by atomic mass is 9.97. The van der Waals surface area contributed by atoms with Crippen molar-refractivity contribution in [1.29, 1.82) is 0 Å². The van der Waals surface area contributed by atoms with E-state index in [1.807, 2.05) is 10.3 Å². The first kappa shape index (κ1) is 20.1. The zero-order valence-electron chi connectivity index (χ0n) is 17.0. The minimum absolute atomic E-state index is 0.0193. The smallest absolute Gasteiger partial charge is 0.231 e. The predicted molar refractivity (Wildman–Crippen MR) is 117 cm³/mol. The number of thiazole rings is 1. The fourth-order valence-corrected chi connectivity index (χ4v) is 4.60. The van der Waals surface area contributed by atoms with Gasteiger partial charge in [0.1, 0.15) is 0 Å². The number of aromatic nitrogens is 1. The summed E-state index contributed by atoms with van der Waals surface area (Å²) in [7, 11) is 0. The Morgan fingerprint density at radius 3 is 2.69 bits per heavy atom. The molecule has 2 heterocycles. The van der Waals surface area contributed by atoms with Gasteiger partial charge >= 0.3 is 0 Å². The quantitative estimate of drug-likeness (QED) is 0.716. The van der Waals surface area contributed by atoms with Crippen LogP contribution in [0.5, 0.6) is 0 Å². The first-order valence-corrected chi connectivity index (χ1v) is 11.7. The molecule has 29 heavy (non-hydrogen) atoms. The Hall–Kier alpha value is -2.21. The first-order valence-electron chi connectivity index (χ1n) is 10.8. The van der Waals surface area contributed by atoms with Crippen LogP contribution < -0.4 is 5.32 Å². The van der Waals surface area contributed by atoms with Gasteiger partial charge in [-0.1, -0.05) is 37.6 Å². The van der Waals surface area contributed by atoms with Gasteiger partial charge in [0.15, 0.2) is 5.13 Å². The molecule has 154 valence electrons. The van der Waals surface area contributed by atoms with E-state index >= 15 is 0 Å². The molecule has 1 aliphatic carbocycles. The number of rotatable bonds is 7. The van der Waals surface area contributed by atoms with Gasteiger partial charge < -0.3 is 10.2 Å². The van der Waals surface area contributed by atoms with E-state index in [1.165, 1.54) is 29.7 Å². The van der Waals surface area contributed by atoms with Crippen LogP contribution in [0.15, 0.2) is 29.6 Å². The second-order valence-corrected chi connectivity index (χ2v) is 9.08. The highest BCUT2D eigenvalue weighted by Crippen LogP contribution is 2.33. The third-order valence-electron chi connectivity index (χ3n) is 5.83. The Labute approximate surface area is 176 Å².